The molecule has 9 heteroatoms. The van der Waals surface area contributed by atoms with Gasteiger partial charge in [0.15, 0.2) is 0 Å². The molecule has 0 saturated heterocycles. The third kappa shape index (κ3) is 6.31. The predicted octanol–water partition coefficient (Wildman–Crippen LogP) is 0.754. The molecule has 0 rings (SSSR count). The van der Waals surface area contributed by atoms with Crippen molar-refractivity contribution in [3.8, 4) is 0 Å². The standard InChI is InChI=1S/C3H4F4O4S/c4-3(5,6)10-1-2-12(8,9)11-7/h1-2H2. The van der Waals surface area contributed by atoms with Crippen LogP contribution in [0.3, 0.4) is 0 Å². The van der Waals surface area contributed by atoms with Crippen LogP contribution in [0.4, 0.5) is 17.7 Å². The van der Waals surface area contributed by atoms with Gasteiger partial charge in [0.25, 0.3) is 10.1 Å². The first-order chi connectivity index (χ1) is 5.27. The molecule has 0 bridgehead atoms. The minimum absolute atomic E-state index is 1.19. The normalized spacial score (nSPS) is 13.3. The summed E-state index contributed by atoms with van der Waals surface area (Å²) in [5.41, 5.74) is 0. The van der Waals surface area contributed by atoms with Crippen molar-refractivity contribution < 1.29 is 35.2 Å². The van der Waals surface area contributed by atoms with Gasteiger partial charge in [-0.05, 0) is 4.53 Å². The molecule has 74 valence electrons. The minimum Gasteiger partial charge on any atom is -0.291 e. The van der Waals surface area contributed by atoms with E-state index in [0.29, 0.717) is 0 Å². The lowest BCUT2D eigenvalue weighted by Crippen LogP contribution is -2.20. The van der Waals surface area contributed by atoms with Gasteiger partial charge >= 0.3 is 6.36 Å². The van der Waals surface area contributed by atoms with Crippen LogP contribution in [0.15, 0.2) is 0 Å². The molecule has 0 N–H and O–H groups in total. The lowest BCUT2D eigenvalue weighted by atomic mass is 10.9. The van der Waals surface area contributed by atoms with Crippen molar-refractivity contribution in [1.29, 1.82) is 0 Å². The Hall–Kier alpha value is -0.410. The molecular weight excluding hydrogens is 208 g/mol. The van der Waals surface area contributed by atoms with Crippen molar-refractivity contribution in [3.05, 3.63) is 0 Å². The molecule has 0 radical (unpaired) electrons. The van der Waals surface area contributed by atoms with Crippen LogP contribution in [0.5, 0.6) is 0 Å². The van der Waals surface area contributed by atoms with Gasteiger partial charge in [-0.15, -0.1) is 13.2 Å². The first kappa shape index (κ1) is 11.6. The van der Waals surface area contributed by atoms with Crippen molar-refractivity contribution in [2.75, 3.05) is 12.4 Å². The largest absolute Gasteiger partial charge is 0.522 e. The number of ether oxygens (including phenoxy) is 1. The summed E-state index contributed by atoms with van der Waals surface area (Å²) in [7, 11) is -4.53. The molecule has 0 aromatic heterocycles. The van der Waals surface area contributed by atoms with Gasteiger partial charge in [0.1, 0.15) is 5.75 Å². The average Bonchev–Trinajstić information content (AvgIpc) is 1.84. The Kier molecular flexibility index (Phi) is 3.87. The van der Waals surface area contributed by atoms with E-state index in [2.05, 4.69) is 9.12 Å². The second kappa shape index (κ2) is 4.01. The number of hydrogen-bond acceptors (Lipinski definition) is 4. The summed E-state index contributed by atoms with van der Waals surface area (Å²) in [6, 6.07) is 0. The third-order valence-electron chi connectivity index (χ3n) is 0.695. The highest BCUT2D eigenvalue weighted by atomic mass is 32.2. The van der Waals surface area contributed by atoms with Crippen LogP contribution in [0.2, 0.25) is 0 Å². The monoisotopic (exact) mass is 212 g/mol. The molecule has 0 amide bonds. The van der Waals surface area contributed by atoms with E-state index in [-0.39, 0.29) is 0 Å². The van der Waals surface area contributed by atoms with E-state index < -0.39 is 28.8 Å². The Morgan fingerprint density at radius 2 is 1.75 bits per heavy atom. The number of hydrogen-bond donors (Lipinski definition) is 0. The summed E-state index contributed by atoms with van der Waals surface area (Å²) in [6.07, 6.45) is -4.92. The Balaban J connectivity index is 3.73. The maximum absolute atomic E-state index is 11.2. The highest BCUT2D eigenvalue weighted by molar-refractivity contribution is 7.86. The molecule has 0 fully saturated rings. The SMILES string of the molecule is O=S(=O)(CCOC(F)(F)F)OF. The van der Waals surface area contributed by atoms with Crippen LogP contribution in [0.25, 0.3) is 0 Å². The summed E-state index contributed by atoms with van der Waals surface area (Å²) in [5.74, 6) is -1.19. The number of rotatable bonds is 4. The van der Waals surface area contributed by atoms with Gasteiger partial charge < -0.3 is 0 Å². The fourth-order valence-corrected chi connectivity index (χ4v) is 0.641. The second-order valence-electron chi connectivity index (χ2n) is 1.62. The van der Waals surface area contributed by atoms with Crippen LogP contribution in [0, 0.1) is 0 Å². The average molecular weight is 212 g/mol. The lowest BCUT2D eigenvalue weighted by Gasteiger charge is -2.05. The molecule has 0 aromatic carbocycles. The molecule has 0 heterocycles. The zero-order chi connectivity index (χ0) is 9.83. The van der Waals surface area contributed by atoms with Crippen molar-refractivity contribution in [2.24, 2.45) is 0 Å². The predicted molar refractivity (Wildman–Crippen MR) is 28.0 cm³/mol. The molecular formula is C3H4F4O4S. The molecule has 0 aromatic rings. The molecule has 0 unspecified atom stereocenters. The number of alkyl halides is 3. The Morgan fingerprint density at radius 3 is 2.08 bits per heavy atom. The number of halogens is 4. The van der Waals surface area contributed by atoms with Crippen LogP contribution in [0.1, 0.15) is 0 Å². The zero-order valence-electron chi connectivity index (χ0n) is 5.47. The quantitative estimate of drug-likeness (QED) is 0.645. The van der Waals surface area contributed by atoms with E-state index in [9.17, 15) is 26.1 Å². The molecule has 12 heavy (non-hydrogen) atoms. The second-order valence-corrected chi connectivity index (χ2v) is 3.27. The van der Waals surface area contributed by atoms with Crippen LogP contribution in [-0.4, -0.2) is 27.1 Å². The molecule has 0 atom stereocenters. The summed E-state index contributed by atoms with van der Waals surface area (Å²) in [6.45, 7) is -1.20. The molecule has 0 aliphatic heterocycles. The van der Waals surface area contributed by atoms with Gasteiger partial charge in [-0.1, -0.05) is 4.39 Å². The molecule has 4 nitrogen and oxygen atoms in total. The first-order valence-corrected chi connectivity index (χ1v) is 4.08. The summed E-state index contributed by atoms with van der Waals surface area (Å²) in [5, 5.41) is 0. The van der Waals surface area contributed by atoms with Gasteiger partial charge in [-0.3, -0.25) is 4.74 Å². The fraction of sp³-hybridized carbons (Fsp3) is 1.00. The van der Waals surface area contributed by atoms with Gasteiger partial charge in [0, 0.05) is 0 Å². The van der Waals surface area contributed by atoms with Gasteiger partial charge in [-0.25, -0.2) is 0 Å². The van der Waals surface area contributed by atoms with Crippen molar-refractivity contribution in [3.63, 3.8) is 0 Å². The van der Waals surface area contributed by atoms with E-state index in [1.54, 1.807) is 0 Å². The van der Waals surface area contributed by atoms with Crippen molar-refractivity contribution >= 4 is 10.1 Å². The van der Waals surface area contributed by atoms with Crippen LogP contribution in [-0.2, 0) is 19.2 Å². The van der Waals surface area contributed by atoms with Crippen molar-refractivity contribution in [2.45, 2.75) is 6.36 Å². The maximum Gasteiger partial charge on any atom is 0.522 e. The topological polar surface area (TPSA) is 52.6 Å². The smallest absolute Gasteiger partial charge is 0.291 e. The third-order valence-corrected chi connectivity index (χ3v) is 1.55. The van der Waals surface area contributed by atoms with E-state index in [4.69, 9.17) is 0 Å². The maximum atomic E-state index is 11.2. The van der Waals surface area contributed by atoms with Gasteiger partial charge in [0.05, 0.1) is 6.61 Å². The minimum atomic E-state index is -4.92. The summed E-state index contributed by atoms with van der Waals surface area (Å²) < 4.78 is 70.0. The molecule has 0 aliphatic rings. The Morgan fingerprint density at radius 1 is 1.25 bits per heavy atom. The van der Waals surface area contributed by atoms with Gasteiger partial charge in [0.2, 0.25) is 0 Å². The summed E-state index contributed by atoms with van der Waals surface area (Å²) >= 11 is 0. The molecule has 0 saturated carbocycles. The highest BCUT2D eigenvalue weighted by Gasteiger charge is 2.29. The van der Waals surface area contributed by atoms with Gasteiger partial charge in [-0.2, -0.15) is 8.42 Å². The Bertz CT molecular complexity index is 219. The van der Waals surface area contributed by atoms with E-state index in [1.807, 2.05) is 0 Å². The first-order valence-electron chi connectivity index (χ1n) is 2.50. The molecule has 0 aliphatic carbocycles. The van der Waals surface area contributed by atoms with E-state index >= 15 is 0 Å². The highest BCUT2D eigenvalue weighted by Crippen LogP contribution is 2.15. The van der Waals surface area contributed by atoms with Crippen LogP contribution < -0.4 is 0 Å². The fourth-order valence-electron chi connectivity index (χ4n) is 0.291. The zero-order valence-corrected chi connectivity index (χ0v) is 6.28. The van der Waals surface area contributed by atoms with Crippen molar-refractivity contribution in [1.82, 2.24) is 0 Å². The van der Waals surface area contributed by atoms with E-state index in [0.717, 1.165) is 0 Å². The lowest BCUT2D eigenvalue weighted by molar-refractivity contribution is -0.322. The van der Waals surface area contributed by atoms with Crippen LogP contribution >= 0.6 is 0 Å². The Labute approximate surface area is 65.1 Å². The molecule has 0 spiro atoms. The summed E-state index contributed by atoms with van der Waals surface area (Å²) in [4.78, 5) is 0. The van der Waals surface area contributed by atoms with E-state index in [1.165, 1.54) is 0 Å².